The van der Waals surface area contributed by atoms with Crippen LogP contribution in [0.3, 0.4) is 0 Å². The lowest BCUT2D eigenvalue weighted by Gasteiger charge is -2.14. The fourth-order valence-corrected chi connectivity index (χ4v) is 2.03. The third-order valence-electron chi connectivity index (χ3n) is 2.54. The second-order valence-electron chi connectivity index (χ2n) is 3.58. The Morgan fingerprint density at radius 2 is 2.50 bits per heavy atom. The van der Waals surface area contributed by atoms with Crippen LogP contribution in [-0.4, -0.2) is 18.8 Å². The van der Waals surface area contributed by atoms with Gasteiger partial charge in [-0.25, -0.2) is 0 Å². The summed E-state index contributed by atoms with van der Waals surface area (Å²) in [6, 6.07) is 2.44. The first kappa shape index (κ1) is 10.2. The molecule has 1 aliphatic heterocycles. The van der Waals surface area contributed by atoms with Gasteiger partial charge in [0.25, 0.3) is 0 Å². The maximum Gasteiger partial charge on any atom is 0.118 e. The lowest BCUT2D eigenvalue weighted by molar-refractivity contribution is 0.112. The smallest absolute Gasteiger partial charge is 0.118 e. The highest BCUT2D eigenvalue weighted by atomic mass is 79.9. The molecule has 0 aromatic carbocycles. The van der Waals surface area contributed by atoms with Crippen molar-refractivity contribution in [2.75, 3.05) is 6.61 Å². The van der Waals surface area contributed by atoms with E-state index in [0.29, 0.717) is 12.1 Å². The van der Waals surface area contributed by atoms with Gasteiger partial charge in [0.15, 0.2) is 0 Å². The number of hydrogen-bond donors (Lipinski definition) is 1. The monoisotopic (exact) mass is 259 g/mol. The molecule has 1 aliphatic rings. The lowest BCUT2D eigenvalue weighted by atomic mass is 10.1. The minimum Gasteiger partial charge on any atom is -0.467 e. The van der Waals surface area contributed by atoms with E-state index in [4.69, 9.17) is 9.15 Å². The summed E-state index contributed by atoms with van der Waals surface area (Å²) in [4.78, 5) is 0. The Balaban J connectivity index is 1.82. The zero-order chi connectivity index (χ0) is 9.97. The van der Waals surface area contributed by atoms with Gasteiger partial charge in [0.2, 0.25) is 0 Å². The topological polar surface area (TPSA) is 34.4 Å². The second kappa shape index (κ2) is 4.47. The van der Waals surface area contributed by atoms with E-state index in [2.05, 4.69) is 28.2 Å². The molecule has 78 valence electrons. The largest absolute Gasteiger partial charge is 0.467 e. The molecule has 0 amide bonds. The normalized spacial score (nSPS) is 27.0. The number of nitrogens with one attached hydrogen (secondary N) is 1. The first-order chi connectivity index (χ1) is 6.75. The van der Waals surface area contributed by atoms with E-state index < -0.39 is 0 Å². The van der Waals surface area contributed by atoms with Crippen LogP contribution in [0.1, 0.15) is 19.1 Å². The van der Waals surface area contributed by atoms with E-state index >= 15 is 0 Å². The van der Waals surface area contributed by atoms with E-state index in [1.807, 2.05) is 6.07 Å². The van der Waals surface area contributed by atoms with Crippen molar-refractivity contribution in [2.24, 2.45) is 0 Å². The third kappa shape index (κ3) is 2.38. The van der Waals surface area contributed by atoms with Gasteiger partial charge in [-0.1, -0.05) is 0 Å². The molecule has 0 radical (unpaired) electrons. The molecule has 1 fully saturated rings. The standard InChI is InChI=1S/C10H14BrNO2/c1-7-10(2-3-13-7)12-5-9-4-8(11)6-14-9/h4,6-7,10,12H,2-3,5H2,1H3/t7-,10-/m1/s1. The highest BCUT2D eigenvalue weighted by molar-refractivity contribution is 9.10. The van der Waals surface area contributed by atoms with Gasteiger partial charge in [-0.3, -0.25) is 0 Å². The van der Waals surface area contributed by atoms with Crippen molar-refractivity contribution in [3.63, 3.8) is 0 Å². The molecule has 0 saturated carbocycles. The minimum atomic E-state index is 0.313. The Hall–Kier alpha value is -0.320. The van der Waals surface area contributed by atoms with Crippen LogP contribution in [0.5, 0.6) is 0 Å². The molecule has 0 aliphatic carbocycles. The maximum atomic E-state index is 5.46. The van der Waals surface area contributed by atoms with Crippen LogP contribution in [0.15, 0.2) is 21.2 Å². The van der Waals surface area contributed by atoms with Crippen molar-refractivity contribution in [3.8, 4) is 0 Å². The van der Waals surface area contributed by atoms with E-state index in [9.17, 15) is 0 Å². The molecule has 0 unspecified atom stereocenters. The molecule has 0 bridgehead atoms. The Kier molecular flexibility index (Phi) is 3.26. The third-order valence-corrected chi connectivity index (χ3v) is 2.95. The Morgan fingerprint density at radius 3 is 3.07 bits per heavy atom. The van der Waals surface area contributed by atoms with Crippen molar-refractivity contribution in [1.82, 2.24) is 5.32 Å². The Labute approximate surface area is 91.9 Å². The minimum absolute atomic E-state index is 0.313. The Morgan fingerprint density at radius 1 is 1.64 bits per heavy atom. The molecule has 1 aromatic rings. The molecule has 14 heavy (non-hydrogen) atoms. The van der Waals surface area contributed by atoms with Gasteiger partial charge in [0.1, 0.15) is 12.0 Å². The van der Waals surface area contributed by atoms with Crippen LogP contribution in [0.4, 0.5) is 0 Å². The molecule has 1 N–H and O–H groups in total. The van der Waals surface area contributed by atoms with E-state index in [1.165, 1.54) is 0 Å². The first-order valence-electron chi connectivity index (χ1n) is 4.83. The molecule has 1 aromatic heterocycles. The maximum absolute atomic E-state index is 5.46. The van der Waals surface area contributed by atoms with Crippen LogP contribution < -0.4 is 5.32 Å². The van der Waals surface area contributed by atoms with Gasteiger partial charge in [-0.15, -0.1) is 0 Å². The quantitative estimate of drug-likeness (QED) is 0.905. The number of halogens is 1. The van der Waals surface area contributed by atoms with Crippen molar-refractivity contribution < 1.29 is 9.15 Å². The lowest BCUT2D eigenvalue weighted by Crippen LogP contribution is -2.33. The average Bonchev–Trinajstić information content (AvgIpc) is 2.72. The predicted octanol–water partition coefficient (Wildman–Crippen LogP) is 2.31. The van der Waals surface area contributed by atoms with Gasteiger partial charge >= 0.3 is 0 Å². The number of ether oxygens (including phenoxy) is 1. The molecule has 3 nitrogen and oxygen atoms in total. The summed E-state index contributed by atoms with van der Waals surface area (Å²) in [5, 5.41) is 3.42. The highest BCUT2D eigenvalue weighted by Gasteiger charge is 2.23. The van der Waals surface area contributed by atoms with E-state index in [-0.39, 0.29) is 0 Å². The summed E-state index contributed by atoms with van der Waals surface area (Å²) in [5.41, 5.74) is 0. The van der Waals surface area contributed by atoms with Crippen LogP contribution in [-0.2, 0) is 11.3 Å². The summed E-state index contributed by atoms with van der Waals surface area (Å²) in [6.45, 7) is 3.73. The van der Waals surface area contributed by atoms with Crippen LogP contribution in [0.2, 0.25) is 0 Å². The second-order valence-corrected chi connectivity index (χ2v) is 4.50. The average molecular weight is 260 g/mol. The molecule has 2 atom stereocenters. The number of furan rings is 1. The first-order valence-corrected chi connectivity index (χ1v) is 5.63. The van der Waals surface area contributed by atoms with Crippen molar-refractivity contribution >= 4 is 15.9 Å². The molecular formula is C10H14BrNO2. The van der Waals surface area contributed by atoms with Gasteiger partial charge < -0.3 is 14.5 Å². The number of hydrogen-bond acceptors (Lipinski definition) is 3. The Bertz CT molecular complexity index is 300. The zero-order valence-corrected chi connectivity index (χ0v) is 9.71. The van der Waals surface area contributed by atoms with Gasteiger partial charge in [-0.2, -0.15) is 0 Å². The van der Waals surface area contributed by atoms with E-state index in [1.54, 1.807) is 6.26 Å². The van der Waals surface area contributed by atoms with Gasteiger partial charge in [-0.05, 0) is 35.3 Å². The van der Waals surface area contributed by atoms with Gasteiger partial charge in [0, 0.05) is 12.6 Å². The molecule has 2 rings (SSSR count). The van der Waals surface area contributed by atoms with Crippen molar-refractivity contribution in [2.45, 2.75) is 32.0 Å². The van der Waals surface area contributed by atoms with Crippen LogP contribution in [0, 0.1) is 0 Å². The highest BCUT2D eigenvalue weighted by Crippen LogP contribution is 2.16. The van der Waals surface area contributed by atoms with Crippen LogP contribution in [0.25, 0.3) is 0 Å². The van der Waals surface area contributed by atoms with E-state index in [0.717, 1.165) is 29.8 Å². The molecule has 4 heteroatoms. The van der Waals surface area contributed by atoms with Gasteiger partial charge in [0.05, 0.1) is 17.1 Å². The summed E-state index contributed by atoms with van der Waals surface area (Å²) in [5.74, 6) is 0.955. The summed E-state index contributed by atoms with van der Waals surface area (Å²) in [7, 11) is 0. The SMILES string of the molecule is C[C@H]1OCC[C@H]1NCc1cc(Br)co1. The molecular weight excluding hydrogens is 246 g/mol. The molecule has 2 heterocycles. The summed E-state index contributed by atoms with van der Waals surface area (Å²) < 4.78 is 11.8. The summed E-state index contributed by atoms with van der Waals surface area (Å²) >= 11 is 3.35. The van der Waals surface area contributed by atoms with Crippen molar-refractivity contribution in [1.29, 1.82) is 0 Å². The molecule has 0 spiro atoms. The van der Waals surface area contributed by atoms with Crippen LogP contribution >= 0.6 is 15.9 Å². The molecule has 1 saturated heterocycles. The zero-order valence-electron chi connectivity index (χ0n) is 8.13. The predicted molar refractivity (Wildman–Crippen MR) is 57.1 cm³/mol. The summed E-state index contributed by atoms with van der Waals surface area (Å²) in [6.07, 6.45) is 3.10. The fraction of sp³-hybridized carbons (Fsp3) is 0.600. The fourth-order valence-electron chi connectivity index (χ4n) is 1.68. The van der Waals surface area contributed by atoms with Crippen molar-refractivity contribution in [3.05, 3.63) is 22.6 Å². The number of rotatable bonds is 3.